The van der Waals surface area contributed by atoms with E-state index in [1.54, 1.807) is 0 Å². The topological polar surface area (TPSA) is 55.1 Å². The number of hydrogen-bond acceptors (Lipinski definition) is 2. The summed E-state index contributed by atoms with van der Waals surface area (Å²) in [5.74, 6) is -4.37. The van der Waals surface area contributed by atoms with Crippen molar-refractivity contribution in [3.05, 3.63) is 35.1 Å². The van der Waals surface area contributed by atoms with Gasteiger partial charge in [-0.05, 0) is 19.3 Å². The molecule has 98 valence electrons. The van der Waals surface area contributed by atoms with Crippen LogP contribution in [0.4, 0.5) is 13.2 Å². The van der Waals surface area contributed by atoms with Crippen molar-refractivity contribution in [2.75, 3.05) is 6.54 Å². The zero-order valence-electron chi connectivity index (χ0n) is 9.60. The highest BCUT2D eigenvalue weighted by Crippen LogP contribution is 2.31. The highest BCUT2D eigenvalue weighted by atomic mass is 19.1. The van der Waals surface area contributed by atoms with Crippen LogP contribution in [0.1, 0.15) is 29.6 Å². The van der Waals surface area contributed by atoms with Crippen molar-refractivity contribution < 1.29 is 18.0 Å². The minimum Gasteiger partial charge on any atom is -0.345 e. The van der Waals surface area contributed by atoms with Crippen LogP contribution in [0.3, 0.4) is 0 Å². The lowest BCUT2D eigenvalue weighted by Gasteiger charge is -2.41. The van der Waals surface area contributed by atoms with Crippen LogP contribution < -0.4 is 11.1 Å². The fourth-order valence-electron chi connectivity index (χ4n) is 2.05. The zero-order chi connectivity index (χ0) is 13.3. The maximum Gasteiger partial charge on any atom is 0.257 e. The van der Waals surface area contributed by atoms with Crippen molar-refractivity contribution in [1.29, 1.82) is 0 Å². The van der Waals surface area contributed by atoms with Gasteiger partial charge in [-0.1, -0.05) is 0 Å². The number of halogens is 3. The Morgan fingerprint density at radius 3 is 2.22 bits per heavy atom. The molecule has 0 radical (unpaired) electrons. The Hall–Kier alpha value is -1.56. The van der Waals surface area contributed by atoms with Crippen LogP contribution in [0.25, 0.3) is 0 Å². The molecular weight excluding hydrogens is 245 g/mol. The number of nitrogens with two attached hydrogens (primary N) is 1. The predicted octanol–water partition coefficient (Wildman–Crippen LogP) is 1.72. The van der Waals surface area contributed by atoms with Gasteiger partial charge in [-0.15, -0.1) is 0 Å². The number of amides is 1. The van der Waals surface area contributed by atoms with Crippen molar-refractivity contribution >= 4 is 5.91 Å². The number of nitrogens with one attached hydrogen (secondary N) is 1. The second kappa shape index (κ2) is 4.61. The van der Waals surface area contributed by atoms with Gasteiger partial charge in [0, 0.05) is 18.7 Å². The molecule has 0 saturated heterocycles. The van der Waals surface area contributed by atoms with Gasteiger partial charge < -0.3 is 11.1 Å². The Labute approximate surface area is 102 Å². The van der Waals surface area contributed by atoms with E-state index < -0.39 is 34.5 Å². The summed E-state index contributed by atoms with van der Waals surface area (Å²) in [5, 5.41) is 2.53. The molecule has 2 rings (SSSR count). The van der Waals surface area contributed by atoms with E-state index in [0.29, 0.717) is 25.0 Å². The molecule has 18 heavy (non-hydrogen) atoms. The molecule has 0 heterocycles. The molecule has 6 heteroatoms. The second-order valence-electron chi connectivity index (χ2n) is 4.54. The van der Waals surface area contributed by atoms with Gasteiger partial charge in [0.25, 0.3) is 5.91 Å². The number of carbonyl (C=O) groups excluding carboxylic acids is 1. The Morgan fingerprint density at radius 2 is 1.83 bits per heavy atom. The van der Waals surface area contributed by atoms with E-state index >= 15 is 0 Å². The first kappa shape index (κ1) is 12.9. The van der Waals surface area contributed by atoms with Gasteiger partial charge >= 0.3 is 0 Å². The monoisotopic (exact) mass is 258 g/mol. The summed E-state index contributed by atoms with van der Waals surface area (Å²) in [7, 11) is 0. The summed E-state index contributed by atoms with van der Waals surface area (Å²) in [6.07, 6.45) is 2.27. The molecule has 1 amide bonds. The molecule has 1 aromatic carbocycles. The Bertz CT molecular complexity index is 458. The third-order valence-electron chi connectivity index (χ3n) is 3.31. The molecule has 0 spiro atoms. The number of rotatable bonds is 3. The van der Waals surface area contributed by atoms with Crippen LogP contribution in [0.5, 0.6) is 0 Å². The minimum atomic E-state index is -1.21. The van der Waals surface area contributed by atoms with E-state index in [4.69, 9.17) is 5.73 Å². The molecule has 1 aliphatic carbocycles. The van der Waals surface area contributed by atoms with E-state index in [2.05, 4.69) is 5.32 Å². The molecule has 3 N–H and O–H groups in total. The number of hydrogen-bond donors (Lipinski definition) is 2. The molecule has 1 fully saturated rings. The average Bonchev–Trinajstić information content (AvgIpc) is 2.21. The Kier molecular flexibility index (Phi) is 3.30. The quantitative estimate of drug-likeness (QED) is 0.867. The molecule has 0 unspecified atom stereocenters. The summed E-state index contributed by atoms with van der Waals surface area (Å²) >= 11 is 0. The lowest BCUT2D eigenvalue weighted by Crippen LogP contribution is -2.58. The van der Waals surface area contributed by atoms with Gasteiger partial charge in [-0.3, -0.25) is 4.79 Å². The molecule has 1 saturated carbocycles. The maximum atomic E-state index is 13.4. The molecule has 0 aliphatic heterocycles. The van der Waals surface area contributed by atoms with E-state index in [0.717, 1.165) is 6.42 Å². The third kappa shape index (κ3) is 2.20. The van der Waals surface area contributed by atoms with Gasteiger partial charge in [-0.25, -0.2) is 13.2 Å². The van der Waals surface area contributed by atoms with Gasteiger partial charge in [0.1, 0.15) is 23.0 Å². The zero-order valence-corrected chi connectivity index (χ0v) is 9.60. The first-order chi connectivity index (χ1) is 8.47. The molecule has 0 atom stereocenters. The summed E-state index contributed by atoms with van der Waals surface area (Å²) in [5.41, 5.74) is 4.19. The van der Waals surface area contributed by atoms with E-state index in [1.807, 2.05) is 0 Å². The number of carbonyl (C=O) groups is 1. The van der Waals surface area contributed by atoms with Crippen LogP contribution in [0.2, 0.25) is 0 Å². The Balaban J connectivity index is 2.24. The second-order valence-corrected chi connectivity index (χ2v) is 4.54. The number of benzene rings is 1. The van der Waals surface area contributed by atoms with Crippen molar-refractivity contribution in [2.45, 2.75) is 24.8 Å². The largest absolute Gasteiger partial charge is 0.345 e. The van der Waals surface area contributed by atoms with Crippen molar-refractivity contribution in [2.24, 2.45) is 5.73 Å². The van der Waals surface area contributed by atoms with Crippen LogP contribution in [0, 0.1) is 17.5 Å². The fourth-order valence-corrected chi connectivity index (χ4v) is 2.05. The molecule has 0 bridgehead atoms. The SMILES string of the molecule is NCC1(NC(=O)c2c(F)cc(F)cc2F)CCC1. The summed E-state index contributed by atoms with van der Waals surface area (Å²) < 4.78 is 39.5. The fraction of sp³-hybridized carbons (Fsp3) is 0.417. The normalized spacial score (nSPS) is 17.1. The summed E-state index contributed by atoms with van der Waals surface area (Å²) in [4.78, 5) is 11.8. The van der Waals surface area contributed by atoms with Crippen LogP contribution in [0.15, 0.2) is 12.1 Å². The lowest BCUT2D eigenvalue weighted by atomic mass is 9.76. The predicted molar refractivity (Wildman–Crippen MR) is 59.4 cm³/mol. The van der Waals surface area contributed by atoms with E-state index in [1.165, 1.54) is 0 Å². The molecule has 3 nitrogen and oxygen atoms in total. The molecule has 0 aromatic heterocycles. The van der Waals surface area contributed by atoms with Gasteiger partial charge in [0.15, 0.2) is 0 Å². The van der Waals surface area contributed by atoms with Crippen molar-refractivity contribution in [3.8, 4) is 0 Å². The van der Waals surface area contributed by atoms with Crippen LogP contribution in [-0.2, 0) is 0 Å². The lowest BCUT2D eigenvalue weighted by molar-refractivity contribution is 0.0828. The highest BCUT2D eigenvalue weighted by molar-refractivity contribution is 5.95. The van der Waals surface area contributed by atoms with Gasteiger partial charge in [0.2, 0.25) is 0 Å². The first-order valence-corrected chi connectivity index (χ1v) is 5.64. The van der Waals surface area contributed by atoms with E-state index in [9.17, 15) is 18.0 Å². The summed E-state index contributed by atoms with van der Waals surface area (Å²) in [6, 6.07) is 0.960. The standard InChI is InChI=1S/C12H13F3N2O/c13-7-4-8(14)10(9(15)5-7)11(18)17-12(6-16)2-1-3-12/h4-5H,1-3,6,16H2,(H,17,18). The highest BCUT2D eigenvalue weighted by Gasteiger charge is 2.38. The minimum absolute atomic E-state index is 0.211. The van der Waals surface area contributed by atoms with Crippen LogP contribution in [-0.4, -0.2) is 18.0 Å². The van der Waals surface area contributed by atoms with E-state index in [-0.39, 0.29) is 6.54 Å². The van der Waals surface area contributed by atoms with Crippen LogP contribution >= 0.6 is 0 Å². The van der Waals surface area contributed by atoms with Crippen molar-refractivity contribution in [3.63, 3.8) is 0 Å². The van der Waals surface area contributed by atoms with Gasteiger partial charge in [-0.2, -0.15) is 0 Å². The third-order valence-corrected chi connectivity index (χ3v) is 3.31. The van der Waals surface area contributed by atoms with Gasteiger partial charge in [0.05, 0.1) is 5.54 Å². The molecule has 1 aromatic rings. The van der Waals surface area contributed by atoms with Crippen molar-refractivity contribution in [1.82, 2.24) is 5.32 Å². The summed E-state index contributed by atoms with van der Waals surface area (Å²) in [6.45, 7) is 0.211. The molecular formula is C12H13F3N2O. The molecule has 1 aliphatic rings. The average molecular weight is 258 g/mol. The smallest absolute Gasteiger partial charge is 0.257 e. The maximum absolute atomic E-state index is 13.4. The Morgan fingerprint density at radius 1 is 1.28 bits per heavy atom. The first-order valence-electron chi connectivity index (χ1n) is 5.64.